The lowest BCUT2D eigenvalue weighted by atomic mass is 9.77. The minimum Gasteiger partial charge on any atom is -0.438 e. The molecule has 3 heterocycles. The lowest BCUT2D eigenvalue weighted by molar-refractivity contribution is -0.0375. The highest BCUT2D eigenvalue weighted by Crippen LogP contribution is 2.43. The van der Waals surface area contributed by atoms with E-state index in [0.29, 0.717) is 35.8 Å². The van der Waals surface area contributed by atoms with Crippen LogP contribution in [0, 0.1) is 24.7 Å². The van der Waals surface area contributed by atoms with Gasteiger partial charge in [-0.25, -0.2) is 9.67 Å². The van der Waals surface area contributed by atoms with Gasteiger partial charge in [-0.3, -0.25) is 4.79 Å². The lowest BCUT2D eigenvalue weighted by Crippen LogP contribution is -2.38. The smallest absolute Gasteiger partial charge is 0.291 e. The van der Waals surface area contributed by atoms with Crippen molar-refractivity contribution in [1.29, 1.82) is 0 Å². The zero-order valence-corrected chi connectivity index (χ0v) is 17.6. The Labute approximate surface area is 175 Å². The van der Waals surface area contributed by atoms with Crippen LogP contribution in [0.5, 0.6) is 0 Å². The SMILES string of the molecule is COCc1cn([C@@H]2C[C@@H]3CN(C(=O)c4ocnc4C)C[C@@H]3C[C@H]2OCC2CC2)nn1. The number of amides is 1. The maximum absolute atomic E-state index is 12.9. The molecule has 0 radical (unpaired) electrons. The van der Waals surface area contributed by atoms with E-state index in [1.807, 2.05) is 15.8 Å². The highest BCUT2D eigenvalue weighted by Gasteiger charge is 2.46. The third-order valence-corrected chi connectivity index (χ3v) is 6.74. The van der Waals surface area contributed by atoms with Crippen LogP contribution in [0.1, 0.15) is 53.7 Å². The van der Waals surface area contributed by atoms with E-state index in [4.69, 9.17) is 13.9 Å². The Morgan fingerprint density at radius 1 is 1.27 bits per heavy atom. The highest BCUT2D eigenvalue weighted by atomic mass is 16.5. The van der Waals surface area contributed by atoms with Crippen LogP contribution >= 0.6 is 0 Å². The molecule has 0 bridgehead atoms. The number of hydrogen-bond donors (Lipinski definition) is 0. The number of methoxy groups -OCH3 is 1. The van der Waals surface area contributed by atoms with Gasteiger partial charge in [0.15, 0.2) is 6.39 Å². The zero-order valence-electron chi connectivity index (χ0n) is 17.6. The number of carbonyl (C=O) groups is 1. The van der Waals surface area contributed by atoms with Crippen molar-refractivity contribution in [2.45, 2.75) is 51.4 Å². The first-order valence-electron chi connectivity index (χ1n) is 10.8. The van der Waals surface area contributed by atoms with Crippen LogP contribution in [0.25, 0.3) is 0 Å². The number of fused-ring (bicyclic) bond motifs is 1. The summed E-state index contributed by atoms with van der Waals surface area (Å²) < 4.78 is 18.9. The maximum atomic E-state index is 12.9. The van der Waals surface area contributed by atoms with E-state index in [9.17, 15) is 4.79 Å². The average molecular weight is 415 g/mol. The van der Waals surface area contributed by atoms with Crippen LogP contribution in [-0.4, -0.2) is 63.7 Å². The summed E-state index contributed by atoms with van der Waals surface area (Å²) in [7, 11) is 1.66. The Morgan fingerprint density at radius 2 is 2.07 bits per heavy atom. The molecule has 4 atom stereocenters. The van der Waals surface area contributed by atoms with E-state index in [-0.39, 0.29) is 18.1 Å². The number of oxazole rings is 1. The third-order valence-electron chi connectivity index (χ3n) is 6.74. The number of aromatic nitrogens is 4. The van der Waals surface area contributed by atoms with E-state index >= 15 is 0 Å². The van der Waals surface area contributed by atoms with Crippen molar-refractivity contribution in [3.8, 4) is 0 Å². The van der Waals surface area contributed by atoms with E-state index in [1.165, 1.54) is 19.2 Å². The molecule has 1 amide bonds. The Morgan fingerprint density at radius 3 is 2.77 bits per heavy atom. The predicted molar refractivity (Wildman–Crippen MR) is 106 cm³/mol. The van der Waals surface area contributed by atoms with Crippen molar-refractivity contribution in [3.63, 3.8) is 0 Å². The molecule has 30 heavy (non-hydrogen) atoms. The molecule has 2 saturated carbocycles. The maximum Gasteiger partial charge on any atom is 0.291 e. The summed E-state index contributed by atoms with van der Waals surface area (Å²) in [5.74, 6) is 1.85. The summed E-state index contributed by atoms with van der Waals surface area (Å²) in [6.07, 6.45) is 7.79. The van der Waals surface area contributed by atoms with Gasteiger partial charge in [-0.15, -0.1) is 5.10 Å². The second-order valence-corrected chi connectivity index (χ2v) is 8.97. The van der Waals surface area contributed by atoms with Gasteiger partial charge in [0, 0.05) is 26.8 Å². The van der Waals surface area contributed by atoms with E-state index in [0.717, 1.165) is 38.2 Å². The van der Waals surface area contributed by atoms with Gasteiger partial charge in [0.05, 0.1) is 30.6 Å². The molecule has 2 aromatic rings. The van der Waals surface area contributed by atoms with Crippen molar-refractivity contribution < 1.29 is 18.7 Å². The first-order valence-corrected chi connectivity index (χ1v) is 10.8. The summed E-state index contributed by atoms with van der Waals surface area (Å²) in [5, 5.41) is 8.62. The number of nitrogens with zero attached hydrogens (tertiary/aromatic N) is 5. The van der Waals surface area contributed by atoms with Crippen molar-refractivity contribution in [1.82, 2.24) is 24.9 Å². The van der Waals surface area contributed by atoms with Gasteiger partial charge >= 0.3 is 0 Å². The lowest BCUT2D eigenvalue weighted by Gasteiger charge is -2.37. The molecule has 3 fully saturated rings. The fraction of sp³-hybridized carbons (Fsp3) is 0.714. The molecule has 9 nitrogen and oxygen atoms in total. The van der Waals surface area contributed by atoms with E-state index in [1.54, 1.807) is 14.0 Å². The molecule has 1 saturated heterocycles. The largest absolute Gasteiger partial charge is 0.438 e. The first kappa shape index (κ1) is 19.7. The van der Waals surface area contributed by atoms with Gasteiger partial charge in [-0.2, -0.15) is 0 Å². The van der Waals surface area contributed by atoms with Gasteiger partial charge in [-0.05, 0) is 50.4 Å². The van der Waals surface area contributed by atoms with E-state index < -0.39 is 0 Å². The van der Waals surface area contributed by atoms with Crippen LogP contribution in [0.4, 0.5) is 0 Å². The minimum atomic E-state index is -0.0606. The molecule has 0 N–H and O–H groups in total. The number of likely N-dealkylation sites (tertiary alicyclic amines) is 1. The summed E-state index contributed by atoms with van der Waals surface area (Å²) in [6.45, 7) is 4.55. The molecule has 0 aromatic carbocycles. The summed E-state index contributed by atoms with van der Waals surface area (Å²) in [4.78, 5) is 18.9. The Hall–Kier alpha value is -2.26. The molecular formula is C21H29N5O4. The molecule has 2 aromatic heterocycles. The average Bonchev–Trinajstić information content (AvgIpc) is 3.11. The fourth-order valence-electron chi connectivity index (χ4n) is 4.90. The van der Waals surface area contributed by atoms with Gasteiger partial charge in [0.1, 0.15) is 5.69 Å². The third kappa shape index (κ3) is 3.88. The Bertz CT molecular complexity index is 892. The van der Waals surface area contributed by atoms with Crippen LogP contribution in [-0.2, 0) is 16.1 Å². The number of aryl methyl sites for hydroxylation is 1. The van der Waals surface area contributed by atoms with Crippen molar-refractivity contribution in [2.24, 2.45) is 17.8 Å². The molecule has 2 aliphatic carbocycles. The summed E-state index contributed by atoms with van der Waals surface area (Å²) in [5.41, 5.74) is 1.47. The van der Waals surface area contributed by atoms with Crippen LogP contribution in [0.15, 0.2) is 17.0 Å². The Balaban J connectivity index is 1.32. The molecular weight excluding hydrogens is 386 g/mol. The van der Waals surface area contributed by atoms with Gasteiger partial charge in [0.25, 0.3) is 5.91 Å². The molecule has 1 aliphatic heterocycles. The molecule has 0 spiro atoms. The second kappa shape index (κ2) is 8.11. The van der Waals surface area contributed by atoms with E-state index in [2.05, 4.69) is 15.3 Å². The van der Waals surface area contributed by atoms with Gasteiger partial charge in [-0.1, -0.05) is 5.21 Å². The minimum absolute atomic E-state index is 0.0606. The van der Waals surface area contributed by atoms with Crippen LogP contribution in [0.3, 0.4) is 0 Å². The number of ether oxygens (including phenoxy) is 2. The molecule has 5 rings (SSSR count). The summed E-state index contributed by atoms with van der Waals surface area (Å²) in [6, 6.07) is 0.130. The van der Waals surface area contributed by atoms with Crippen LogP contribution in [0.2, 0.25) is 0 Å². The number of hydrogen-bond acceptors (Lipinski definition) is 7. The summed E-state index contributed by atoms with van der Waals surface area (Å²) >= 11 is 0. The normalized spacial score (nSPS) is 28.7. The van der Waals surface area contributed by atoms with Crippen molar-refractivity contribution in [2.75, 3.05) is 26.8 Å². The van der Waals surface area contributed by atoms with Crippen molar-refractivity contribution in [3.05, 3.63) is 29.7 Å². The highest BCUT2D eigenvalue weighted by molar-refractivity contribution is 5.92. The topological polar surface area (TPSA) is 95.5 Å². The van der Waals surface area contributed by atoms with Crippen molar-refractivity contribution >= 4 is 5.91 Å². The fourth-order valence-corrected chi connectivity index (χ4v) is 4.90. The Kier molecular flexibility index (Phi) is 5.32. The second-order valence-electron chi connectivity index (χ2n) is 8.97. The molecule has 3 aliphatic rings. The van der Waals surface area contributed by atoms with Crippen LogP contribution < -0.4 is 0 Å². The monoisotopic (exact) mass is 415 g/mol. The molecule has 9 heteroatoms. The number of rotatable bonds is 7. The predicted octanol–water partition coefficient (Wildman–Crippen LogP) is 2.24. The number of carbonyl (C=O) groups excluding carboxylic acids is 1. The van der Waals surface area contributed by atoms with Gasteiger partial charge < -0.3 is 18.8 Å². The molecule has 0 unspecified atom stereocenters. The quantitative estimate of drug-likeness (QED) is 0.684. The first-order chi connectivity index (χ1) is 14.6. The molecule has 162 valence electrons. The van der Waals surface area contributed by atoms with Gasteiger partial charge in [0.2, 0.25) is 5.76 Å². The standard InChI is InChI=1S/C21H29N5O4/c1-13-20(30-12-22-13)21(27)25-7-15-5-18(26-9-17(11-28-2)23-24-26)19(6-16(15)8-25)29-10-14-3-4-14/h9,12,14-16,18-19H,3-8,10-11H2,1-2H3/t15-,16+,18-,19-/m1/s1. The zero-order chi connectivity index (χ0) is 20.7.